The Labute approximate surface area is 175 Å². The fourth-order valence-electron chi connectivity index (χ4n) is 3.78. The van der Waals surface area contributed by atoms with Gasteiger partial charge < -0.3 is 0 Å². The highest BCUT2D eigenvalue weighted by molar-refractivity contribution is 5.77. The van der Waals surface area contributed by atoms with Gasteiger partial charge in [-0.1, -0.05) is 0 Å². The van der Waals surface area contributed by atoms with Crippen molar-refractivity contribution < 1.29 is 0 Å². The lowest BCUT2D eigenvalue weighted by molar-refractivity contribution is 0.743. The predicted molar refractivity (Wildman–Crippen MR) is 120 cm³/mol. The summed E-state index contributed by atoms with van der Waals surface area (Å²) in [6, 6.07) is 12.6. The Balaban J connectivity index is 1.62. The third-order valence-corrected chi connectivity index (χ3v) is 5.94. The van der Waals surface area contributed by atoms with Gasteiger partial charge in [-0.3, -0.25) is 0 Å². The Morgan fingerprint density at radius 1 is 0.400 bits per heavy atom. The summed E-state index contributed by atoms with van der Waals surface area (Å²) in [7, 11) is 0. The lowest BCUT2D eigenvalue weighted by atomic mass is 10.1. The smallest absolute Gasteiger partial charge is 0.113 e. The average Bonchev–Trinajstić information content (AvgIpc) is 3.27. The molecule has 30 heavy (non-hydrogen) atoms. The topological polar surface area (TPSA) is 61.4 Å². The standard InChI is InChI=1S/C24H24N6/c1-13-7-19-20(8-14(13)2)26-29(25-19)23-11-18(6)24(12-17(23)5)30-27-21-9-15(3)16(4)10-22(21)28-30/h7-12H,1-6H3. The Kier molecular flexibility index (Phi) is 4.00. The minimum absolute atomic E-state index is 0.907. The van der Waals surface area contributed by atoms with E-state index < -0.39 is 0 Å². The summed E-state index contributed by atoms with van der Waals surface area (Å²) in [6.45, 7) is 12.5. The zero-order valence-corrected chi connectivity index (χ0v) is 18.1. The van der Waals surface area contributed by atoms with Gasteiger partial charge in [0, 0.05) is 0 Å². The van der Waals surface area contributed by atoms with Crippen LogP contribution >= 0.6 is 0 Å². The van der Waals surface area contributed by atoms with Crippen LogP contribution in [0.4, 0.5) is 0 Å². The molecule has 0 radical (unpaired) electrons. The zero-order valence-electron chi connectivity index (χ0n) is 18.1. The first-order valence-corrected chi connectivity index (χ1v) is 10.1. The first-order chi connectivity index (χ1) is 14.3. The quantitative estimate of drug-likeness (QED) is 0.421. The van der Waals surface area contributed by atoms with Crippen LogP contribution in [-0.2, 0) is 0 Å². The molecule has 2 heterocycles. The van der Waals surface area contributed by atoms with Crippen molar-refractivity contribution in [1.82, 2.24) is 30.0 Å². The van der Waals surface area contributed by atoms with Crippen LogP contribution in [0.5, 0.6) is 0 Å². The van der Waals surface area contributed by atoms with Gasteiger partial charge in [0.25, 0.3) is 0 Å². The molecule has 0 bridgehead atoms. The van der Waals surface area contributed by atoms with Crippen LogP contribution in [0.3, 0.4) is 0 Å². The maximum absolute atomic E-state index is 4.71. The molecule has 2 aromatic heterocycles. The van der Waals surface area contributed by atoms with Gasteiger partial charge >= 0.3 is 0 Å². The van der Waals surface area contributed by atoms with Crippen molar-refractivity contribution in [3.05, 3.63) is 69.8 Å². The largest absolute Gasteiger partial charge is 0.150 e. The molecular weight excluding hydrogens is 372 g/mol. The average molecular weight is 396 g/mol. The molecule has 3 aromatic carbocycles. The van der Waals surface area contributed by atoms with E-state index in [0.717, 1.165) is 44.6 Å². The van der Waals surface area contributed by atoms with Crippen LogP contribution in [-0.4, -0.2) is 30.0 Å². The van der Waals surface area contributed by atoms with Crippen LogP contribution < -0.4 is 0 Å². The molecule has 6 heteroatoms. The van der Waals surface area contributed by atoms with Gasteiger partial charge in [-0.2, -0.15) is 9.59 Å². The van der Waals surface area contributed by atoms with E-state index in [4.69, 9.17) is 20.4 Å². The normalized spacial score (nSPS) is 11.7. The van der Waals surface area contributed by atoms with Crippen LogP contribution in [0, 0.1) is 41.5 Å². The summed E-state index contributed by atoms with van der Waals surface area (Å²) in [5.41, 5.74) is 12.6. The van der Waals surface area contributed by atoms with Gasteiger partial charge in [0.2, 0.25) is 0 Å². The Morgan fingerprint density at radius 3 is 0.933 bits per heavy atom. The van der Waals surface area contributed by atoms with E-state index >= 15 is 0 Å². The molecule has 0 aliphatic heterocycles. The molecule has 0 atom stereocenters. The molecule has 0 aliphatic rings. The van der Waals surface area contributed by atoms with E-state index in [0.29, 0.717) is 0 Å². The minimum Gasteiger partial charge on any atom is -0.150 e. The molecule has 5 rings (SSSR count). The molecule has 0 saturated carbocycles. The van der Waals surface area contributed by atoms with Gasteiger partial charge in [-0.15, -0.1) is 20.4 Å². The minimum atomic E-state index is 0.907. The number of rotatable bonds is 2. The highest BCUT2D eigenvalue weighted by Crippen LogP contribution is 2.25. The van der Waals surface area contributed by atoms with Crippen molar-refractivity contribution in [3.63, 3.8) is 0 Å². The van der Waals surface area contributed by atoms with Crippen LogP contribution in [0.1, 0.15) is 33.4 Å². The number of fused-ring (bicyclic) bond motifs is 2. The third kappa shape index (κ3) is 2.87. The fraction of sp³-hybridized carbons (Fsp3) is 0.250. The second kappa shape index (κ2) is 6.49. The van der Waals surface area contributed by atoms with Gasteiger partial charge in [0.05, 0.1) is 11.4 Å². The third-order valence-electron chi connectivity index (χ3n) is 5.94. The number of benzene rings is 3. The number of nitrogens with zero attached hydrogens (tertiary/aromatic N) is 6. The molecule has 5 aromatic rings. The number of aromatic nitrogens is 6. The van der Waals surface area contributed by atoms with Crippen molar-refractivity contribution in [2.75, 3.05) is 0 Å². The summed E-state index contributed by atoms with van der Waals surface area (Å²) in [6.07, 6.45) is 0. The fourth-order valence-corrected chi connectivity index (χ4v) is 3.78. The molecule has 150 valence electrons. The Morgan fingerprint density at radius 2 is 0.667 bits per heavy atom. The van der Waals surface area contributed by atoms with Crippen molar-refractivity contribution in [2.24, 2.45) is 0 Å². The maximum atomic E-state index is 4.71. The van der Waals surface area contributed by atoms with E-state index in [1.807, 2.05) is 0 Å². The number of hydrogen-bond acceptors (Lipinski definition) is 4. The number of hydrogen-bond donors (Lipinski definition) is 0. The predicted octanol–water partition coefficient (Wildman–Crippen LogP) is 5.00. The summed E-state index contributed by atoms with van der Waals surface area (Å²) in [5.74, 6) is 0. The SMILES string of the molecule is Cc1cc2nn(-c3cc(C)c(-n4nc5cc(C)c(C)cc5n4)cc3C)nc2cc1C. The number of aryl methyl sites for hydroxylation is 6. The van der Waals surface area contributed by atoms with E-state index in [9.17, 15) is 0 Å². The van der Waals surface area contributed by atoms with E-state index in [2.05, 4.69) is 77.9 Å². The van der Waals surface area contributed by atoms with E-state index in [-0.39, 0.29) is 0 Å². The van der Waals surface area contributed by atoms with E-state index in [1.54, 1.807) is 9.59 Å². The van der Waals surface area contributed by atoms with Crippen molar-refractivity contribution in [2.45, 2.75) is 41.5 Å². The highest BCUT2D eigenvalue weighted by atomic mass is 15.5. The molecule has 6 nitrogen and oxygen atoms in total. The first kappa shape index (κ1) is 18.5. The molecule has 0 saturated heterocycles. The van der Waals surface area contributed by atoms with E-state index in [1.165, 1.54) is 22.3 Å². The molecule has 0 aliphatic carbocycles. The summed E-state index contributed by atoms with van der Waals surface area (Å²) in [4.78, 5) is 3.46. The molecule has 0 unspecified atom stereocenters. The molecular formula is C24H24N6. The van der Waals surface area contributed by atoms with Gasteiger partial charge in [0.15, 0.2) is 0 Å². The van der Waals surface area contributed by atoms with Crippen LogP contribution in [0.2, 0.25) is 0 Å². The second-order valence-corrected chi connectivity index (χ2v) is 8.25. The first-order valence-electron chi connectivity index (χ1n) is 10.1. The van der Waals surface area contributed by atoms with Crippen molar-refractivity contribution >= 4 is 22.1 Å². The maximum Gasteiger partial charge on any atom is 0.113 e. The molecule has 0 fully saturated rings. The second-order valence-electron chi connectivity index (χ2n) is 8.25. The van der Waals surface area contributed by atoms with Crippen molar-refractivity contribution in [1.29, 1.82) is 0 Å². The summed E-state index contributed by atoms with van der Waals surface area (Å²) < 4.78 is 0. The lowest BCUT2D eigenvalue weighted by Gasteiger charge is -2.10. The van der Waals surface area contributed by atoms with Gasteiger partial charge in [0.1, 0.15) is 22.1 Å². The van der Waals surface area contributed by atoms with Gasteiger partial charge in [-0.25, -0.2) is 0 Å². The summed E-state index contributed by atoms with van der Waals surface area (Å²) >= 11 is 0. The van der Waals surface area contributed by atoms with Crippen LogP contribution in [0.25, 0.3) is 33.4 Å². The lowest BCUT2D eigenvalue weighted by Crippen LogP contribution is -2.06. The zero-order chi connectivity index (χ0) is 21.2. The monoisotopic (exact) mass is 396 g/mol. The molecule has 0 amide bonds. The highest BCUT2D eigenvalue weighted by Gasteiger charge is 2.14. The van der Waals surface area contributed by atoms with Gasteiger partial charge in [-0.05, 0) is 111 Å². The van der Waals surface area contributed by atoms with Crippen LogP contribution in [0.15, 0.2) is 36.4 Å². The van der Waals surface area contributed by atoms with Crippen molar-refractivity contribution in [3.8, 4) is 11.4 Å². The molecule has 0 N–H and O–H groups in total. The summed E-state index contributed by atoms with van der Waals surface area (Å²) in [5, 5.41) is 18.8. The Bertz CT molecular complexity index is 1260. The molecule has 0 spiro atoms. The Hall–Kier alpha value is -3.54.